The van der Waals surface area contributed by atoms with Crippen molar-refractivity contribution in [1.29, 1.82) is 0 Å². The zero-order valence-electron chi connectivity index (χ0n) is 12.3. The third-order valence-electron chi connectivity index (χ3n) is 2.92. The average molecular weight is 321 g/mol. The first kappa shape index (κ1) is 16.3. The lowest BCUT2D eigenvalue weighted by molar-refractivity contribution is 0.151. The van der Waals surface area contributed by atoms with E-state index in [4.69, 9.17) is 20.9 Å². The van der Waals surface area contributed by atoms with E-state index in [1.54, 1.807) is 6.20 Å². The van der Waals surface area contributed by atoms with Gasteiger partial charge in [-0.1, -0.05) is 0 Å². The molecule has 0 aliphatic rings. The van der Waals surface area contributed by atoms with E-state index in [1.807, 2.05) is 31.2 Å². The molecule has 1 amide bonds. The maximum Gasteiger partial charge on any atom is 0.404 e. The first-order chi connectivity index (χ1) is 10.6. The molecule has 1 aromatic carbocycles. The highest BCUT2D eigenvalue weighted by Gasteiger charge is 2.07. The highest BCUT2D eigenvalue weighted by Crippen LogP contribution is 2.27. The molecule has 0 saturated carbocycles. The molecule has 2 aromatic rings. The van der Waals surface area contributed by atoms with Crippen molar-refractivity contribution in [2.75, 3.05) is 6.54 Å². The van der Waals surface area contributed by atoms with Crippen LogP contribution in [0.1, 0.15) is 18.2 Å². The normalized spacial score (nSPS) is 11.9. The molecule has 0 aliphatic carbocycles. The third kappa shape index (κ3) is 4.71. The minimum Gasteiger partial charge on any atom is -0.491 e. The predicted octanol–water partition coefficient (Wildman–Crippen LogP) is 2.52. The SMILES string of the molecule is CC(CCN)Oc1ccc(-c2ncc(COC(N)=O)s2)cc1. The third-order valence-corrected chi connectivity index (χ3v) is 3.94. The molecule has 0 spiro atoms. The van der Waals surface area contributed by atoms with Crippen LogP contribution < -0.4 is 16.2 Å². The second-order valence-corrected chi connectivity index (χ2v) is 5.88. The summed E-state index contributed by atoms with van der Waals surface area (Å²) in [5.41, 5.74) is 11.4. The maximum atomic E-state index is 10.6. The number of nitrogens with zero attached hydrogens (tertiary/aromatic N) is 1. The lowest BCUT2D eigenvalue weighted by Gasteiger charge is -2.13. The fourth-order valence-corrected chi connectivity index (χ4v) is 2.68. The lowest BCUT2D eigenvalue weighted by atomic mass is 10.2. The second kappa shape index (κ2) is 7.77. The van der Waals surface area contributed by atoms with Gasteiger partial charge in [0, 0.05) is 11.8 Å². The smallest absolute Gasteiger partial charge is 0.404 e. The number of hydrogen-bond donors (Lipinski definition) is 2. The Kier molecular flexibility index (Phi) is 5.74. The molecule has 0 aliphatic heterocycles. The van der Waals surface area contributed by atoms with Crippen molar-refractivity contribution in [1.82, 2.24) is 4.98 Å². The highest BCUT2D eigenvalue weighted by atomic mass is 32.1. The van der Waals surface area contributed by atoms with Gasteiger partial charge in [0.1, 0.15) is 17.4 Å². The van der Waals surface area contributed by atoms with E-state index in [-0.39, 0.29) is 12.7 Å². The number of ether oxygens (including phenoxy) is 2. The molecule has 0 radical (unpaired) electrons. The van der Waals surface area contributed by atoms with Gasteiger partial charge < -0.3 is 20.9 Å². The molecule has 2 rings (SSSR count). The summed E-state index contributed by atoms with van der Waals surface area (Å²) in [7, 11) is 0. The van der Waals surface area contributed by atoms with Crippen molar-refractivity contribution < 1.29 is 14.3 Å². The largest absolute Gasteiger partial charge is 0.491 e. The zero-order chi connectivity index (χ0) is 15.9. The predicted molar refractivity (Wildman–Crippen MR) is 85.7 cm³/mol. The number of rotatable bonds is 7. The van der Waals surface area contributed by atoms with Crippen molar-refractivity contribution in [3.05, 3.63) is 35.3 Å². The maximum absolute atomic E-state index is 10.6. The fourth-order valence-electron chi connectivity index (χ4n) is 1.85. The average Bonchev–Trinajstić information content (AvgIpc) is 2.95. The van der Waals surface area contributed by atoms with Crippen molar-refractivity contribution in [3.8, 4) is 16.3 Å². The first-order valence-corrected chi connectivity index (χ1v) is 7.74. The molecule has 1 unspecified atom stereocenters. The molecule has 6 nitrogen and oxygen atoms in total. The van der Waals surface area contributed by atoms with Gasteiger partial charge in [-0.3, -0.25) is 0 Å². The number of hydrogen-bond acceptors (Lipinski definition) is 6. The standard InChI is InChI=1S/C15H19N3O3S/c1-10(6-7-16)21-12-4-2-11(3-5-12)14-18-8-13(22-14)9-20-15(17)19/h2-5,8,10H,6-7,9,16H2,1H3,(H2,17,19). The summed E-state index contributed by atoms with van der Waals surface area (Å²) in [5, 5.41) is 0.852. The van der Waals surface area contributed by atoms with Crippen LogP contribution in [0.3, 0.4) is 0 Å². The molecule has 0 bridgehead atoms. The zero-order valence-corrected chi connectivity index (χ0v) is 13.1. The highest BCUT2D eigenvalue weighted by molar-refractivity contribution is 7.15. The van der Waals surface area contributed by atoms with E-state index in [2.05, 4.69) is 4.98 Å². The minimum atomic E-state index is -0.789. The summed E-state index contributed by atoms with van der Waals surface area (Å²) >= 11 is 1.45. The van der Waals surface area contributed by atoms with Crippen LogP contribution in [0.5, 0.6) is 5.75 Å². The summed E-state index contributed by atoms with van der Waals surface area (Å²) in [6.45, 7) is 2.74. The summed E-state index contributed by atoms with van der Waals surface area (Å²) in [6.07, 6.45) is 1.80. The summed E-state index contributed by atoms with van der Waals surface area (Å²) in [6, 6.07) is 7.71. The number of benzene rings is 1. The summed E-state index contributed by atoms with van der Waals surface area (Å²) < 4.78 is 10.5. The Bertz CT molecular complexity index is 613. The Morgan fingerprint density at radius 1 is 1.36 bits per heavy atom. The van der Waals surface area contributed by atoms with Crippen molar-refractivity contribution in [2.24, 2.45) is 11.5 Å². The molecule has 7 heteroatoms. The van der Waals surface area contributed by atoms with Crippen LogP contribution in [0.4, 0.5) is 4.79 Å². The van der Waals surface area contributed by atoms with E-state index < -0.39 is 6.09 Å². The Morgan fingerprint density at radius 2 is 2.09 bits per heavy atom. The lowest BCUT2D eigenvalue weighted by Crippen LogP contribution is -2.16. The monoisotopic (exact) mass is 321 g/mol. The number of carbonyl (C=O) groups excluding carboxylic acids is 1. The number of aromatic nitrogens is 1. The number of primary amides is 1. The van der Waals surface area contributed by atoms with Gasteiger partial charge in [-0.15, -0.1) is 11.3 Å². The quantitative estimate of drug-likeness (QED) is 0.816. The summed E-state index contributed by atoms with van der Waals surface area (Å²) in [4.78, 5) is 15.7. The van der Waals surface area contributed by atoms with E-state index in [9.17, 15) is 4.79 Å². The van der Waals surface area contributed by atoms with Gasteiger partial charge >= 0.3 is 6.09 Å². The van der Waals surface area contributed by atoms with Gasteiger partial charge in [0.25, 0.3) is 0 Å². The molecule has 118 valence electrons. The van der Waals surface area contributed by atoms with Crippen LogP contribution in [0, 0.1) is 0 Å². The van der Waals surface area contributed by atoms with E-state index in [0.717, 1.165) is 27.6 Å². The van der Waals surface area contributed by atoms with Crippen LogP contribution in [0.2, 0.25) is 0 Å². The van der Waals surface area contributed by atoms with Crippen LogP contribution in [-0.4, -0.2) is 23.7 Å². The minimum absolute atomic E-state index is 0.0910. The Hall–Kier alpha value is -2.12. The Morgan fingerprint density at radius 3 is 2.73 bits per heavy atom. The second-order valence-electron chi connectivity index (χ2n) is 4.77. The van der Waals surface area contributed by atoms with Gasteiger partial charge in [-0.2, -0.15) is 0 Å². The van der Waals surface area contributed by atoms with E-state index >= 15 is 0 Å². The van der Waals surface area contributed by atoms with Gasteiger partial charge in [-0.05, 0) is 44.2 Å². The van der Waals surface area contributed by atoms with Crippen LogP contribution >= 0.6 is 11.3 Å². The molecule has 1 aromatic heterocycles. The number of amides is 1. The molecule has 0 fully saturated rings. The number of carbonyl (C=O) groups is 1. The topological polar surface area (TPSA) is 100 Å². The Balaban J connectivity index is 1.99. The molecule has 22 heavy (non-hydrogen) atoms. The van der Waals surface area contributed by atoms with Gasteiger partial charge in [0.15, 0.2) is 0 Å². The first-order valence-electron chi connectivity index (χ1n) is 6.92. The van der Waals surface area contributed by atoms with Crippen molar-refractivity contribution in [3.63, 3.8) is 0 Å². The van der Waals surface area contributed by atoms with Gasteiger partial charge in [0.05, 0.1) is 11.0 Å². The number of nitrogens with two attached hydrogens (primary N) is 2. The van der Waals surface area contributed by atoms with Crippen LogP contribution in [0.25, 0.3) is 10.6 Å². The van der Waals surface area contributed by atoms with Gasteiger partial charge in [0.2, 0.25) is 0 Å². The molecular formula is C15H19N3O3S. The van der Waals surface area contributed by atoms with E-state index in [1.165, 1.54) is 11.3 Å². The molecule has 4 N–H and O–H groups in total. The van der Waals surface area contributed by atoms with Crippen molar-refractivity contribution in [2.45, 2.75) is 26.1 Å². The number of thiazole rings is 1. The Labute approximate surface area is 133 Å². The summed E-state index contributed by atoms with van der Waals surface area (Å²) in [5.74, 6) is 0.804. The molecule has 0 saturated heterocycles. The molecule has 1 heterocycles. The van der Waals surface area contributed by atoms with Crippen LogP contribution in [-0.2, 0) is 11.3 Å². The van der Waals surface area contributed by atoms with Crippen molar-refractivity contribution >= 4 is 17.4 Å². The molecule has 1 atom stereocenters. The molecular weight excluding hydrogens is 302 g/mol. The van der Waals surface area contributed by atoms with E-state index in [0.29, 0.717) is 6.54 Å². The fraction of sp³-hybridized carbons (Fsp3) is 0.333. The van der Waals surface area contributed by atoms with Crippen LogP contribution in [0.15, 0.2) is 30.5 Å². The van der Waals surface area contributed by atoms with Gasteiger partial charge in [-0.25, -0.2) is 9.78 Å².